The van der Waals surface area contributed by atoms with Crippen LogP contribution in [0.4, 0.5) is 0 Å². The van der Waals surface area contributed by atoms with E-state index in [9.17, 15) is 24.6 Å². The first kappa shape index (κ1) is 38.4. The van der Waals surface area contributed by atoms with Crippen LogP contribution in [0, 0.1) is 0 Å². The predicted molar refractivity (Wildman–Crippen MR) is 132 cm³/mol. The first-order valence-corrected chi connectivity index (χ1v) is 11.2. The number of carboxylic acid groups (broad SMARTS) is 1. The Morgan fingerprint density at radius 2 is 1.78 bits per heavy atom. The van der Waals surface area contributed by atoms with Gasteiger partial charge in [0.15, 0.2) is 6.10 Å². The SMILES string of the molecule is Cn1nnnc1SCC1=C(C(=O)O)N2C(=O)C(NC(=O)C(O)c3ccccc3)C2SC1.O.O.O.O.O.O. The summed E-state index contributed by atoms with van der Waals surface area (Å²) < 4.78 is 1.48. The Morgan fingerprint density at radius 1 is 1.16 bits per heavy atom. The van der Waals surface area contributed by atoms with E-state index in [0.717, 1.165) is 0 Å². The molecule has 210 valence electrons. The number of nitrogens with one attached hydrogen (secondary N) is 1. The van der Waals surface area contributed by atoms with Crippen molar-refractivity contribution < 1.29 is 57.5 Å². The molecule has 15 N–H and O–H groups in total. The summed E-state index contributed by atoms with van der Waals surface area (Å²) in [5.74, 6) is -1.75. The van der Waals surface area contributed by atoms with Gasteiger partial charge in [-0.3, -0.25) is 14.5 Å². The Morgan fingerprint density at radius 3 is 2.32 bits per heavy atom. The molecule has 2 aliphatic rings. The molecular weight excluding hydrogens is 540 g/mol. The summed E-state index contributed by atoms with van der Waals surface area (Å²) in [4.78, 5) is 38.2. The average Bonchev–Trinajstić information content (AvgIpc) is 3.19. The molecule has 3 atom stereocenters. The standard InChI is InChI=1S/C18H18N6O5S2.6H2O/c1-23-18(20-21-22-23)31-8-10-7-30-16-11(15(27)24(16)12(10)17(28)29)19-14(26)13(25)9-5-3-2-4-6-9;;;;;;/h2-6,11,13,16,25H,7-8H2,1H3,(H,19,26)(H,28,29);6*1H2. The average molecular weight is 571 g/mol. The second-order valence-corrected chi connectivity index (χ2v) is 8.89. The number of carbonyl (C=O) groups is 3. The normalized spacial score (nSPS) is 17.9. The van der Waals surface area contributed by atoms with Gasteiger partial charge in [-0.2, -0.15) is 0 Å². The predicted octanol–water partition coefficient (Wildman–Crippen LogP) is -5.17. The van der Waals surface area contributed by atoms with Crippen LogP contribution < -0.4 is 5.32 Å². The van der Waals surface area contributed by atoms with Crippen molar-refractivity contribution in [1.29, 1.82) is 0 Å². The number of aliphatic hydroxyl groups excluding tert-OH is 1. The van der Waals surface area contributed by atoms with Crippen LogP contribution in [-0.4, -0.2) is 109 Å². The van der Waals surface area contributed by atoms with Crippen molar-refractivity contribution >= 4 is 41.3 Å². The molecule has 4 rings (SSSR count). The van der Waals surface area contributed by atoms with Crippen molar-refractivity contribution in [2.24, 2.45) is 7.05 Å². The van der Waals surface area contributed by atoms with Gasteiger partial charge in [-0.1, -0.05) is 42.1 Å². The van der Waals surface area contributed by atoms with Gasteiger partial charge < -0.3 is 48.4 Å². The number of aryl methyl sites for hydroxylation is 1. The maximum absolute atomic E-state index is 12.7. The fourth-order valence-electron chi connectivity index (χ4n) is 3.31. The zero-order valence-corrected chi connectivity index (χ0v) is 20.8. The van der Waals surface area contributed by atoms with Crippen LogP contribution in [-0.2, 0) is 21.4 Å². The third-order valence-electron chi connectivity index (χ3n) is 4.87. The maximum Gasteiger partial charge on any atom is 0.352 e. The van der Waals surface area contributed by atoms with Crippen LogP contribution in [0.2, 0.25) is 0 Å². The van der Waals surface area contributed by atoms with Gasteiger partial charge in [-0.25, -0.2) is 9.48 Å². The third kappa shape index (κ3) is 7.44. The summed E-state index contributed by atoms with van der Waals surface area (Å²) in [5, 5.41) is 33.6. The summed E-state index contributed by atoms with van der Waals surface area (Å²) in [6.45, 7) is 0. The number of amides is 2. The van der Waals surface area contributed by atoms with Gasteiger partial charge in [0.1, 0.15) is 17.1 Å². The van der Waals surface area contributed by atoms with Gasteiger partial charge in [-0.05, 0) is 21.6 Å². The Labute approximate surface area is 217 Å². The number of carboxylic acids is 1. The highest BCUT2D eigenvalue weighted by Gasteiger charge is 2.54. The number of aliphatic carboxylic acids is 1. The molecule has 0 radical (unpaired) electrons. The number of rotatable bonds is 7. The third-order valence-corrected chi connectivity index (χ3v) is 7.30. The van der Waals surface area contributed by atoms with Crippen molar-refractivity contribution in [2.45, 2.75) is 22.7 Å². The van der Waals surface area contributed by atoms with E-state index in [1.807, 2.05) is 0 Å². The number of tetrazole rings is 1. The molecule has 2 aromatic rings. The molecule has 1 fully saturated rings. The van der Waals surface area contributed by atoms with Crippen LogP contribution in [0.15, 0.2) is 46.8 Å². The van der Waals surface area contributed by atoms with Crippen molar-refractivity contribution in [1.82, 2.24) is 30.4 Å². The van der Waals surface area contributed by atoms with Gasteiger partial charge in [0.2, 0.25) is 5.16 Å². The molecule has 3 unspecified atom stereocenters. The van der Waals surface area contributed by atoms with Gasteiger partial charge in [0.05, 0.1) is 0 Å². The Hall–Kier alpha value is -3.14. The number of benzene rings is 1. The first-order valence-electron chi connectivity index (χ1n) is 9.17. The largest absolute Gasteiger partial charge is 0.477 e. The molecule has 0 bridgehead atoms. The maximum atomic E-state index is 12.7. The smallest absolute Gasteiger partial charge is 0.352 e. The minimum Gasteiger partial charge on any atom is -0.477 e. The second-order valence-electron chi connectivity index (χ2n) is 6.84. The summed E-state index contributed by atoms with van der Waals surface area (Å²) in [6, 6.07) is 7.46. The number of fused-ring (bicyclic) bond motifs is 1. The Bertz CT molecular complexity index is 1070. The number of aliphatic hydroxyl groups is 1. The number of nitrogens with zero attached hydrogens (tertiary/aromatic N) is 5. The number of carbonyl (C=O) groups excluding carboxylic acids is 2. The van der Waals surface area contributed by atoms with Crippen LogP contribution >= 0.6 is 23.5 Å². The molecule has 19 heteroatoms. The van der Waals surface area contributed by atoms with Crippen LogP contribution in [0.1, 0.15) is 11.7 Å². The summed E-state index contributed by atoms with van der Waals surface area (Å²) in [6.07, 6.45) is -1.42. The lowest BCUT2D eigenvalue weighted by molar-refractivity contribution is -0.151. The molecule has 2 amide bonds. The van der Waals surface area contributed by atoms with Gasteiger partial charge in [0, 0.05) is 18.6 Å². The topological polar surface area (TPSA) is 340 Å². The van der Waals surface area contributed by atoms with E-state index in [-0.39, 0.29) is 38.6 Å². The van der Waals surface area contributed by atoms with Crippen LogP contribution in [0.25, 0.3) is 0 Å². The number of hydrogen-bond donors (Lipinski definition) is 3. The highest BCUT2D eigenvalue weighted by molar-refractivity contribution is 8.01. The van der Waals surface area contributed by atoms with E-state index < -0.39 is 35.3 Å². The Balaban J connectivity index is -0.00000193. The van der Waals surface area contributed by atoms with Crippen LogP contribution in [0.3, 0.4) is 0 Å². The quantitative estimate of drug-likeness (QED) is 0.210. The molecule has 17 nitrogen and oxygen atoms in total. The fraction of sp³-hybridized carbons (Fsp3) is 0.333. The summed E-state index contributed by atoms with van der Waals surface area (Å²) in [7, 11) is 1.68. The van der Waals surface area contributed by atoms with Crippen molar-refractivity contribution in [3.8, 4) is 0 Å². The van der Waals surface area contributed by atoms with Crippen molar-refractivity contribution in [3.63, 3.8) is 0 Å². The minimum absolute atomic E-state index is 0. The van der Waals surface area contributed by atoms with Gasteiger partial charge in [0.25, 0.3) is 11.8 Å². The van der Waals surface area contributed by atoms with Crippen LogP contribution in [0.5, 0.6) is 0 Å². The highest BCUT2D eigenvalue weighted by Crippen LogP contribution is 2.41. The van der Waals surface area contributed by atoms with Gasteiger partial charge in [-0.15, -0.1) is 16.9 Å². The molecule has 0 spiro atoms. The molecule has 3 heterocycles. The summed E-state index contributed by atoms with van der Waals surface area (Å²) in [5.41, 5.74) is 0.901. The monoisotopic (exact) mass is 570 g/mol. The van der Waals surface area contributed by atoms with Crippen molar-refractivity contribution in [3.05, 3.63) is 47.2 Å². The van der Waals surface area contributed by atoms with E-state index in [4.69, 9.17) is 0 Å². The molecule has 0 aliphatic carbocycles. The zero-order valence-electron chi connectivity index (χ0n) is 19.2. The fourth-order valence-corrected chi connectivity index (χ4v) is 5.64. The minimum atomic E-state index is -1.42. The first-order chi connectivity index (χ1) is 14.9. The van der Waals surface area contributed by atoms with E-state index in [1.165, 1.54) is 33.1 Å². The van der Waals surface area contributed by atoms with E-state index >= 15 is 0 Å². The second kappa shape index (κ2) is 15.9. The van der Waals surface area contributed by atoms with E-state index in [2.05, 4.69) is 20.8 Å². The number of β-lactam (4-membered cyclic amide) rings is 1. The molecule has 0 saturated carbocycles. The molecule has 1 saturated heterocycles. The highest BCUT2D eigenvalue weighted by atomic mass is 32.2. The number of thioether (sulfide) groups is 2. The molecule has 1 aromatic heterocycles. The van der Waals surface area contributed by atoms with Crippen molar-refractivity contribution in [2.75, 3.05) is 11.5 Å². The lowest BCUT2D eigenvalue weighted by Gasteiger charge is -2.49. The Kier molecular flexibility index (Phi) is 16.5. The molecule has 2 aliphatic heterocycles. The molecule has 1 aromatic carbocycles. The van der Waals surface area contributed by atoms with Gasteiger partial charge >= 0.3 is 5.97 Å². The lowest BCUT2D eigenvalue weighted by Crippen LogP contribution is -2.70. The van der Waals surface area contributed by atoms with E-state index in [0.29, 0.717) is 27.8 Å². The lowest BCUT2D eigenvalue weighted by atomic mass is 10.0. The summed E-state index contributed by atoms with van der Waals surface area (Å²) >= 11 is 2.64. The number of hydrogen-bond acceptors (Lipinski definition) is 9. The molecule has 37 heavy (non-hydrogen) atoms. The van der Waals surface area contributed by atoms with E-state index in [1.54, 1.807) is 37.4 Å². The molecular formula is C18H30N6O11S2. The zero-order chi connectivity index (χ0) is 22.1. The number of aromatic nitrogens is 4.